The molecule has 1 atom stereocenters. The van der Waals surface area contributed by atoms with Crippen LogP contribution in [0.25, 0.3) is 28.0 Å². The number of aromatic amines is 1. The smallest absolute Gasteiger partial charge is 0.233 e. The highest BCUT2D eigenvalue weighted by Crippen LogP contribution is 2.35. The quantitative estimate of drug-likeness (QED) is 0.479. The predicted octanol–water partition coefficient (Wildman–Crippen LogP) is 4.83. The fraction of sp³-hybridized carbons (Fsp3) is 0.227. The second-order valence-electron chi connectivity index (χ2n) is 7.26. The molecule has 1 fully saturated rings. The van der Waals surface area contributed by atoms with Gasteiger partial charge in [-0.15, -0.1) is 10.2 Å². The topological polar surface area (TPSA) is 75.6 Å². The second kappa shape index (κ2) is 8.16. The van der Waals surface area contributed by atoms with Crippen molar-refractivity contribution < 1.29 is 4.79 Å². The van der Waals surface area contributed by atoms with E-state index < -0.39 is 0 Å². The molecule has 0 saturated carbocycles. The number of benzene rings is 2. The van der Waals surface area contributed by atoms with Crippen molar-refractivity contribution in [1.29, 1.82) is 0 Å². The van der Waals surface area contributed by atoms with Crippen molar-refractivity contribution in [1.82, 2.24) is 25.1 Å². The van der Waals surface area contributed by atoms with Crippen molar-refractivity contribution in [3.63, 3.8) is 0 Å². The summed E-state index contributed by atoms with van der Waals surface area (Å²) in [7, 11) is 0. The highest BCUT2D eigenvalue weighted by molar-refractivity contribution is 8.00. The number of carbonyl (C=O) groups is 1. The van der Waals surface area contributed by atoms with Crippen LogP contribution in [0.15, 0.2) is 59.9 Å². The largest absolute Gasteiger partial charge is 0.360 e. The molecule has 30 heavy (non-hydrogen) atoms. The van der Waals surface area contributed by atoms with Crippen LogP contribution in [0.5, 0.6) is 0 Å². The molecule has 1 saturated heterocycles. The molecule has 0 radical (unpaired) electrons. The van der Waals surface area contributed by atoms with E-state index in [2.05, 4.69) is 26.6 Å². The number of nitrogens with zero attached hydrogens (tertiary/aromatic N) is 3. The number of hydrogen-bond donors (Lipinski definition) is 2. The first-order valence-corrected chi connectivity index (χ1v) is 11.2. The summed E-state index contributed by atoms with van der Waals surface area (Å²) in [5.74, 6) is 0.795. The molecule has 1 aliphatic rings. The molecule has 0 bridgehead atoms. The summed E-state index contributed by atoms with van der Waals surface area (Å²) in [5.41, 5.74) is 2.90. The number of amides is 1. The van der Waals surface area contributed by atoms with Gasteiger partial charge in [-0.2, -0.15) is 0 Å². The number of nitrogens with one attached hydrogen (secondary N) is 2. The molecule has 2 aromatic carbocycles. The van der Waals surface area contributed by atoms with E-state index >= 15 is 0 Å². The minimum atomic E-state index is -0.182. The maximum absolute atomic E-state index is 12.5. The van der Waals surface area contributed by atoms with Gasteiger partial charge in [-0.25, -0.2) is 0 Å². The van der Waals surface area contributed by atoms with E-state index in [9.17, 15) is 4.79 Å². The van der Waals surface area contributed by atoms with Gasteiger partial charge >= 0.3 is 0 Å². The monoisotopic (exact) mass is 437 g/mol. The number of halogens is 1. The van der Waals surface area contributed by atoms with E-state index in [1.165, 1.54) is 11.8 Å². The zero-order valence-corrected chi connectivity index (χ0v) is 17.7. The summed E-state index contributed by atoms with van der Waals surface area (Å²) in [6.07, 6.45) is 4.80. The van der Waals surface area contributed by atoms with Gasteiger partial charge < -0.3 is 10.3 Å². The molecule has 2 aromatic heterocycles. The van der Waals surface area contributed by atoms with Crippen LogP contribution >= 0.6 is 23.4 Å². The minimum absolute atomic E-state index is 0.0665. The predicted molar refractivity (Wildman–Crippen MR) is 120 cm³/mol. The van der Waals surface area contributed by atoms with Crippen LogP contribution in [0.2, 0.25) is 5.02 Å². The lowest BCUT2D eigenvalue weighted by Gasteiger charge is -2.14. The maximum atomic E-state index is 12.5. The molecule has 2 N–H and O–H groups in total. The first-order valence-electron chi connectivity index (χ1n) is 9.93. The maximum Gasteiger partial charge on any atom is 0.233 e. The average molecular weight is 438 g/mol. The third-order valence-electron chi connectivity index (χ3n) is 5.28. The summed E-state index contributed by atoms with van der Waals surface area (Å²) in [5, 5.41) is 14.3. The number of H-pyrrole nitrogens is 1. The van der Waals surface area contributed by atoms with E-state index in [1.54, 1.807) is 0 Å². The number of para-hydroxylation sites is 1. The van der Waals surface area contributed by atoms with E-state index in [4.69, 9.17) is 11.6 Å². The summed E-state index contributed by atoms with van der Waals surface area (Å²) >= 11 is 7.59. The molecular formula is C22H20ClN5OS. The SMILES string of the molecule is O=C1NCCCC[C@@H]1Sc1nnc(-c2c[nH]c3ccccc23)n1-c1ccc(Cl)cc1. The van der Waals surface area contributed by atoms with Crippen molar-refractivity contribution in [3.05, 3.63) is 59.8 Å². The van der Waals surface area contributed by atoms with Gasteiger partial charge in [0.05, 0.1) is 5.25 Å². The molecule has 0 aliphatic carbocycles. The van der Waals surface area contributed by atoms with Crippen molar-refractivity contribution in [2.45, 2.75) is 29.7 Å². The molecule has 4 aromatic rings. The number of aromatic nitrogens is 4. The van der Waals surface area contributed by atoms with Gasteiger partial charge in [-0.05, 0) is 43.2 Å². The molecule has 5 rings (SSSR count). The molecule has 6 nitrogen and oxygen atoms in total. The minimum Gasteiger partial charge on any atom is -0.360 e. The van der Waals surface area contributed by atoms with Crippen molar-refractivity contribution in [2.24, 2.45) is 0 Å². The lowest BCUT2D eigenvalue weighted by atomic mass is 10.1. The molecular weight excluding hydrogens is 418 g/mol. The Morgan fingerprint density at radius 1 is 1.07 bits per heavy atom. The molecule has 0 unspecified atom stereocenters. The Hall–Kier alpha value is -2.77. The van der Waals surface area contributed by atoms with Crippen molar-refractivity contribution in [3.8, 4) is 17.1 Å². The fourth-order valence-electron chi connectivity index (χ4n) is 3.75. The Labute approximate surface area is 183 Å². The van der Waals surface area contributed by atoms with Gasteiger partial charge in [0.15, 0.2) is 11.0 Å². The van der Waals surface area contributed by atoms with E-state index in [0.717, 1.165) is 53.8 Å². The zero-order chi connectivity index (χ0) is 20.5. The molecule has 152 valence electrons. The molecule has 0 spiro atoms. The Bertz CT molecular complexity index is 1200. The zero-order valence-electron chi connectivity index (χ0n) is 16.1. The van der Waals surface area contributed by atoms with Crippen LogP contribution in [0.1, 0.15) is 19.3 Å². The summed E-state index contributed by atoms with van der Waals surface area (Å²) in [4.78, 5) is 15.8. The Kier molecular flexibility index (Phi) is 5.23. The number of carbonyl (C=O) groups excluding carboxylic acids is 1. The van der Waals surface area contributed by atoms with Gasteiger partial charge in [-0.1, -0.05) is 48.0 Å². The van der Waals surface area contributed by atoms with E-state index in [-0.39, 0.29) is 11.2 Å². The van der Waals surface area contributed by atoms with Crippen LogP contribution in [0.4, 0.5) is 0 Å². The van der Waals surface area contributed by atoms with E-state index in [0.29, 0.717) is 10.2 Å². The third kappa shape index (κ3) is 3.59. The van der Waals surface area contributed by atoms with Crippen LogP contribution in [0.3, 0.4) is 0 Å². The van der Waals surface area contributed by atoms with Crippen LogP contribution in [-0.4, -0.2) is 37.5 Å². The van der Waals surface area contributed by atoms with E-state index in [1.807, 2.05) is 53.2 Å². The number of fused-ring (bicyclic) bond motifs is 1. The summed E-state index contributed by atoms with van der Waals surface area (Å²) in [6.45, 7) is 0.736. The first-order chi connectivity index (χ1) is 14.7. The Morgan fingerprint density at radius 2 is 1.90 bits per heavy atom. The van der Waals surface area contributed by atoms with Gasteiger partial charge in [-0.3, -0.25) is 9.36 Å². The Balaban J connectivity index is 1.62. The second-order valence-corrected chi connectivity index (χ2v) is 8.87. The molecule has 1 amide bonds. The van der Waals surface area contributed by atoms with Gasteiger partial charge in [0.1, 0.15) is 0 Å². The van der Waals surface area contributed by atoms with Crippen LogP contribution in [0, 0.1) is 0 Å². The van der Waals surface area contributed by atoms with Gasteiger partial charge in [0, 0.05) is 39.9 Å². The van der Waals surface area contributed by atoms with Gasteiger partial charge in [0.25, 0.3) is 0 Å². The number of rotatable bonds is 4. The number of hydrogen-bond acceptors (Lipinski definition) is 4. The average Bonchev–Trinajstić information content (AvgIpc) is 3.31. The summed E-state index contributed by atoms with van der Waals surface area (Å²) < 4.78 is 2.01. The highest BCUT2D eigenvalue weighted by atomic mass is 35.5. The molecule has 1 aliphatic heterocycles. The lowest BCUT2D eigenvalue weighted by molar-refractivity contribution is -0.120. The van der Waals surface area contributed by atoms with Crippen molar-refractivity contribution in [2.75, 3.05) is 6.54 Å². The number of thioether (sulfide) groups is 1. The van der Waals surface area contributed by atoms with Crippen LogP contribution < -0.4 is 5.32 Å². The van der Waals surface area contributed by atoms with Crippen LogP contribution in [-0.2, 0) is 4.79 Å². The normalized spacial score (nSPS) is 17.1. The first kappa shape index (κ1) is 19.2. The third-order valence-corrected chi connectivity index (χ3v) is 6.74. The Morgan fingerprint density at radius 3 is 2.77 bits per heavy atom. The fourth-order valence-corrected chi connectivity index (χ4v) is 4.99. The molecule has 3 heterocycles. The highest BCUT2D eigenvalue weighted by Gasteiger charge is 2.26. The lowest BCUT2D eigenvalue weighted by Crippen LogP contribution is -2.30. The van der Waals surface area contributed by atoms with Crippen molar-refractivity contribution >= 4 is 40.2 Å². The standard InChI is InChI=1S/C22H20ClN5OS/c23-14-8-10-15(11-9-14)28-20(17-13-25-18-6-2-1-5-16(17)18)26-27-22(28)30-19-7-3-4-12-24-21(19)29/h1-2,5-6,8-11,13,19,25H,3-4,7,12H2,(H,24,29)/t19-/m0/s1. The summed E-state index contributed by atoms with van der Waals surface area (Å²) in [6, 6.07) is 15.7. The molecule has 8 heteroatoms. The van der Waals surface area contributed by atoms with Gasteiger partial charge in [0.2, 0.25) is 5.91 Å².